The SMILES string of the molecule is C=CC(=O)NC1CCN(S(=O)(=O)c2ccc(C(=O)NCCN3CCC(F)(F)CC3)cc2)C(C)C1. The summed E-state index contributed by atoms with van der Waals surface area (Å²) in [7, 11) is -3.75. The molecule has 188 valence electrons. The van der Waals surface area contributed by atoms with Crippen molar-refractivity contribution < 1.29 is 26.8 Å². The molecule has 34 heavy (non-hydrogen) atoms. The van der Waals surface area contributed by atoms with Gasteiger partial charge in [-0.25, -0.2) is 17.2 Å². The van der Waals surface area contributed by atoms with E-state index in [1.54, 1.807) is 6.92 Å². The second-order valence-corrected chi connectivity index (χ2v) is 10.8. The number of halogens is 2. The Morgan fingerprint density at radius 1 is 1.18 bits per heavy atom. The molecule has 1 aromatic carbocycles. The molecule has 2 saturated heterocycles. The molecule has 0 aliphatic carbocycles. The molecule has 0 radical (unpaired) electrons. The fraction of sp³-hybridized carbons (Fsp3) is 0.565. The predicted molar refractivity (Wildman–Crippen MR) is 124 cm³/mol. The van der Waals surface area contributed by atoms with E-state index in [9.17, 15) is 26.8 Å². The maximum absolute atomic E-state index is 13.2. The van der Waals surface area contributed by atoms with Crippen LogP contribution in [0.1, 0.15) is 43.0 Å². The number of sulfonamides is 1. The summed E-state index contributed by atoms with van der Waals surface area (Å²) in [6, 6.07) is 5.34. The van der Waals surface area contributed by atoms with E-state index in [1.807, 2.05) is 4.90 Å². The lowest BCUT2D eigenvalue weighted by atomic mass is 10.0. The van der Waals surface area contributed by atoms with Gasteiger partial charge in [-0.05, 0) is 50.1 Å². The molecule has 2 fully saturated rings. The van der Waals surface area contributed by atoms with Crippen molar-refractivity contribution in [3.8, 4) is 0 Å². The molecule has 2 amide bonds. The van der Waals surface area contributed by atoms with Gasteiger partial charge in [-0.1, -0.05) is 6.58 Å². The largest absolute Gasteiger partial charge is 0.351 e. The van der Waals surface area contributed by atoms with E-state index in [0.29, 0.717) is 44.6 Å². The van der Waals surface area contributed by atoms with Gasteiger partial charge in [0, 0.05) is 63.2 Å². The second kappa shape index (κ2) is 10.9. The lowest BCUT2D eigenvalue weighted by Gasteiger charge is -2.36. The highest BCUT2D eigenvalue weighted by atomic mass is 32.2. The number of nitrogens with one attached hydrogen (secondary N) is 2. The van der Waals surface area contributed by atoms with Gasteiger partial charge in [0.2, 0.25) is 15.9 Å². The van der Waals surface area contributed by atoms with Crippen LogP contribution in [0.2, 0.25) is 0 Å². The number of piperidine rings is 2. The van der Waals surface area contributed by atoms with Crippen molar-refractivity contribution >= 4 is 21.8 Å². The van der Waals surface area contributed by atoms with Crippen molar-refractivity contribution in [3.05, 3.63) is 42.5 Å². The van der Waals surface area contributed by atoms with Crippen molar-refractivity contribution in [2.24, 2.45) is 0 Å². The number of nitrogens with zero attached hydrogens (tertiary/aromatic N) is 2. The van der Waals surface area contributed by atoms with E-state index in [4.69, 9.17) is 0 Å². The Morgan fingerprint density at radius 3 is 2.41 bits per heavy atom. The third-order valence-corrected chi connectivity index (χ3v) is 8.40. The van der Waals surface area contributed by atoms with Crippen molar-refractivity contribution in [2.45, 2.75) is 55.5 Å². The number of benzene rings is 1. The van der Waals surface area contributed by atoms with Crippen LogP contribution in [0.15, 0.2) is 41.8 Å². The summed E-state index contributed by atoms with van der Waals surface area (Å²) in [5.41, 5.74) is 0.322. The first-order valence-corrected chi connectivity index (χ1v) is 12.9. The van der Waals surface area contributed by atoms with E-state index < -0.39 is 15.9 Å². The molecule has 2 atom stereocenters. The van der Waals surface area contributed by atoms with Crippen LogP contribution < -0.4 is 10.6 Å². The smallest absolute Gasteiger partial charge is 0.251 e. The van der Waals surface area contributed by atoms with Crippen LogP contribution >= 0.6 is 0 Å². The first kappa shape index (κ1) is 26.2. The number of carbonyl (C=O) groups excluding carboxylic acids is 2. The third-order valence-electron chi connectivity index (χ3n) is 6.37. The molecule has 8 nitrogen and oxygen atoms in total. The molecule has 2 N–H and O–H groups in total. The standard InChI is InChI=1S/C23H32F2N4O4S/c1-3-21(30)27-19-8-12-29(17(2)16-19)34(32,33)20-6-4-18(5-7-20)22(31)26-11-15-28-13-9-23(24,25)10-14-28/h3-7,17,19H,1,8-16H2,2H3,(H,26,31)(H,27,30). The minimum absolute atomic E-state index is 0.0960. The highest BCUT2D eigenvalue weighted by Crippen LogP contribution is 2.27. The van der Waals surface area contributed by atoms with Crippen LogP contribution in [0.5, 0.6) is 0 Å². The normalized spacial score (nSPS) is 23.7. The maximum atomic E-state index is 13.2. The first-order valence-electron chi connectivity index (χ1n) is 11.4. The van der Waals surface area contributed by atoms with Gasteiger partial charge in [-0.3, -0.25) is 9.59 Å². The van der Waals surface area contributed by atoms with Crippen LogP contribution in [0.3, 0.4) is 0 Å². The Balaban J connectivity index is 1.52. The summed E-state index contributed by atoms with van der Waals surface area (Å²) in [5.74, 6) is -3.23. The van der Waals surface area contributed by atoms with Crippen molar-refractivity contribution in [2.75, 3.05) is 32.7 Å². The monoisotopic (exact) mass is 498 g/mol. The third kappa shape index (κ3) is 6.61. The summed E-state index contributed by atoms with van der Waals surface area (Å²) in [5, 5.41) is 5.56. The zero-order valence-electron chi connectivity index (χ0n) is 19.3. The first-order chi connectivity index (χ1) is 16.0. The van der Waals surface area contributed by atoms with E-state index in [-0.39, 0.29) is 48.2 Å². The van der Waals surface area contributed by atoms with Crippen molar-refractivity contribution in [1.82, 2.24) is 19.8 Å². The van der Waals surface area contributed by atoms with Gasteiger partial charge in [0.15, 0.2) is 0 Å². The average Bonchev–Trinajstić information content (AvgIpc) is 2.80. The van der Waals surface area contributed by atoms with Gasteiger partial charge >= 0.3 is 0 Å². The van der Waals surface area contributed by atoms with Crippen molar-refractivity contribution in [1.29, 1.82) is 0 Å². The van der Waals surface area contributed by atoms with Crippen LogP contribution in [0, 0.1) is 0 Å². The summed E-state index contributed by atoms with van der Waals surface area (Å²) in [6.45, 7) is 6.90. The Kier molecular flexibility index (Phi) is 8.43. The zero-order valence-corrected chi connectivity index (χ0v) is 20.1. The molecule has 2 heterocycles. The molecule has 0 saturated carbocycles. The molecule has 3 rings (SSSR count). The number of amides is 2. The summed E-state index contributed by atoms with van der Waals surface area (Å²) < 4.78 is 54.1. The molecule has 2 aliphatic heterocycles. The molecule has 11 heteroatoms. The molecule has 1 aromatic rings. The number of carbonyl (C=O) groups is 2. The second-order valence-electron chi connectivity index (χ2n) is 8.88. The number of hydrogen-bond donors (Lipinski definition) is 2. The van der Waals surface area contributed by atoms with E-state index in [0.717, 1.165) is 0 Å². The summed E-state index contributed by atoms with van der Waals surface area (Å²) in [6.07, 6.45) is 1.85. The lowest BCUT2D eigenvalue weighted by Crippen LogP contribution is -2.50. The Labute approximate surface area is 199 Å². The molecule has 2 unspecified atom stereocenters. The molecule has 0 bridgehead atoms. The van der Waals surface area contributed by atoms with Crippen LogP contribution in [-0.4, -0.2) is 80.2 Å². The fourth-order valence-corrected chi connectivity index (χ4v) is 6.00. The Bertz CT molecular complexity index is 991. The number of hydrogen-bond acceptors (Lipinski definition) is 5. The van der Waals surface area contributed by atoms with E-state index in [2.05, 4.69) is 17.2 Å². The number of rotatable bonds is 8. The van der Waals surface area contributed by atoms with Crippen molar-refractivity contribution in [3.63, 3.8) is 0 Å². The van der Waals surface area contributed by atoms with Gasteiger partial charge in [0.05, 0.1) is 4.90 Å². The minimum Gasteiger partial charge on any atom is -0.351 e. The minimum atomic E-state index is -3.75. The lowest BCUT2D eigenvalue weighted by molar-refractivity contribution is -0.117. The topological polar surface area (TPSA) is 98.8 Å². The molecular formula is C23H32F2N4O4S. The highest BCUT2D eigenvalue weighted by molar-refractivity contribution is 7.89. The average molecular weight is 499 g/mol. The predicted octanol–water partition coefficient (Wildman–Crippen LogP) is 1.99. The summed E-state index contributed by atoms with van der Waals surface area (Å²) in [4.78, 5) is 25.9. The van der Waals surface area contributed by atoms with Crippen LogP contribution in [0.4, 0.5) is 8.78 Å². The van der Waals surface area contributed by atoms with E-state index in [1.165, 1.54) is 34.6 Å². The van der Waals surface area contributed by atoms with Gasteiger partial charge in [0.1, 0.15) is 0 Å². The molecule has 2 aliphatic rings. The molecule has 0 aromatic heterocycles. The van der Waals surface area contributed by atoms with Crippen LogP contribution in [0.25, 0.3) is 0 Å². The maximum Gasteiger partial charge on any atom is 0.251 e. The molecular weight excluding hydrogens is 466 g/mol. The Morgan fingerprint density at radius 2 is 1.82 bits per heavy atom. The number of alkyl halides is 2. The van der Waals surface area contributed by atoms with Gasteiger partial charge in [-0.15, -0.1) is 0 Å². The van der Waals surface area contributed by atoms with E-state index >= 15 is 0 Å². The fourth-order valence-electron chi connectivity index (χ4n) is 4.35. The van der Waals surface area contributed by atoms with Gasteiger partial charge in [-0.2, -0.15) is 4.31 Å². The quantitative estimate of drug-likeness (QED) is 0.534. The highest BCUT2D eigenvalue weighted by Gasteiger charge is 2.35. The summed E-state index contributed by atoms with van der Waals surface area (Å²) >= 11 is 0. The Hall–Kier alpha value is -2.37. The van der Waals surface area contributed by atoms with Gasteiger partial charge < -0.3 is 15.5 Å². The number of likely N-dealkylation sites (tertiary alicyclic amines) is 1. The van der Waals surface area contributed by atoms with Gasteiger partial charge in [0.25, 0.3) is 11.8 Å². The zero-order chi connectivity index (χ0) is 24.9. The molecule has 0 spiro atoms. The van der Waals surface area contributed by atoms with Crippen LogP contribution in [-0.2, 0) is 14.8 Å².